The van der Waals surface area contributed by atoms with Crippen molar-refractivity contribution in [1.82, 2.24) is 15.1 Å². The predicted octanol–water partition coefficient (Wildman–Crippen LogP) is 4.02. The van der Waals surface area contributed by atoms with E-state index < -0.39 is 17.8 Å². The molecule has 2 aromatic rings. The topological polar surface area (TPSA) is 58.2 Å². The van der Waals surface area contributed by atoms with Gasteiger partial charge in [-0.05, 0) is 18.9 Å². The van der Waals surface area contributed by atoms with Gasteiger partial charge in [0.2, 0.25) is 0 Å². The third kappa shape index (κ3) is 4.00. The van der Waals surface area contributed by atoms with Crippen molar-refractivity contribution in [3.8, 4) is 5.75 Å². The molecule has 1 amide bonds. The Morgan fingerprint density at radius 1 is 1.38 bits per heavy atom. The minimum atomic E-state index is -4.57. The maximum absolute atomic E-state index is 12.8. The van der Waals surface area contributed by atoms with E-state index in [9.17, 15) is 18.0 Å². The Bertz CT molecular complexity index is 773. The van der Waals surface area contributed by atoms with Gasteiger partial charge in [0.25, 0.3) is 5.91 Å². The number of H-pyrrole nitrogens is 1. The molecular formula is C18H20F3N3O2. The zero-order valence-electron chi connectivity index (χ0n) is 14.3. The van der Waals surface area contributed by atoms with Gasteiger partial charge in [0.1, 0.15) is 17.5 Å². The quantitative estimate of drug-likeness (QED) is 0.888. The van der Waals surface area contributed by atoms with Crippen LogP contribution >= 0.6 is 0 Å². The molecule has 0 saturated carbocycles. The number of fused-ring (bicyclic) bond motifs is 1. The van der Waals surface area contributed by atoms with E-state index in [4.69, 9.17) is 4.74 Å². The molecule has 0 fully saturated rings. The van der Waals surface area contributed by atoms with Gasteiger partial charge < -0.3 is 9.64 Å². The van der Waals surface area contributed by atoms with E-state index in [0.717, 1.165) is 30.9 Å². The van der Waals surface area contributed by atoms with Crippen molar-refractivity contribution >= 4 is 5.91 Å². The number of amides is 1. The lowest BCUT2D eigenvalue weighted by molar-refractivity contribution is -0.141. The Morgan fingerprint density at radius 2 is 2.15 bits per heavy atom. The average molecular weight is 367 g/mol. The van der Waals surface area contributed by atoms with Crippen molar-refractivity contribution in [2.75, 3.05) is 6.54 Å². The van der Waals surface area contributed by atoms with Crippen molar-refractivity contribution < 1.29 is 22.7 Å². The van der Waals surface area contributed by atoms with E-state index in [1.165, 1.54) is 4.90 Å². The van der Waals surface area contributed by atoms with Crippen LogP contribution < -0.4 is 4.74 Å². The number of unbranched alkanes of at least 4 members (excludes halogenated alkanes) is 1. The second kappa shape index (κ2) is 7.39. The summed E-state index contributed by atoms with van der Waals surface area (Å²) in [4.78, 5) is 14.2. The Balaban J connectivity index is 1.85. The van der Waals surface area contributed by atoms with Crippen molar-refractivity contribution in [3.05, 3.63) is 47.3 Å². The summed E-state index contributed by atoms with van der Waals surface area (Å²) in [6.07, 6.45) is -2.07. The molecule has 1 aromatic heterocycles. The third-order valence-electron chi connectivity index (χ3n) is 4.32. The minimum absolute atomic E-state index is 0.205. The molecule has 3 rings (SSSR count). The molecule has 1 aliphatic rings. The molecule has 0 aliphatic carbocycles. The van der Waals surface area contributed by atoms with E-state index in [1.807, 2.05) is 29.4 Å². The molecular weight excluding hydrogens is 347 g/mol. The summed E-state index contributed by atoms with van der Waals surface area (Å²) < 4.78 is 44.3. The number of rotatable bonds is 4. The van der Waals surface area contributed by atoms with Gasteiger partial charge in [-0.2, -0.15) is 18.3 Å². The van der Waals surface area contributed by atoms with Gasteiger partial charge in [-0.15, -0.1) is 0 Å². The molecule has 0 saturated heterocycles. The summed E-state index contributed by atoms with van der Waals surface area (Å²) in [6.45, 7) is 2.64. The second-order valence-corrected chi connectivity index (χ2v) is 6.34. The highest BCUT2D eigenvalue weighted by Crippen LogP contribution is 2.29. The number of benzene rings is 1. The summed E-state index contributed by atoms with van der Waals surface area (Å²) in [5, 5.41) is 5.45. The van der Waals surface area contributed by atoms with Crippen LogP contribution in [0.3, 0.4) is 0 Å². The van der Waals surface area contributed by atoms with Crippen LogP contribution in [0.2, 0.25) is 0 Å². The zero-order valence-corrected chi connectivity index (χ0v) is 14.3. The van der Waals surface area contributed by atoms with Crippen molar-refractivity contribution in [1.29, 1.82) is 0 Å². The molecule has 0 spiro atoms. The molecule has 1 N–H and O–H groups in total. The van der Waals surface area contributed by atoms with Crippen LogP contribution in [-0.4, -0.2) is 33.7 Å². The van der Waals surface area contributed by atoms with E-state index >= 15 is 0 Å². The first-order chi connectivity index (χ1) is 12.4. The van der Waals surface area contributed by atoms with Crippen molar-refractivity contribution in [3.63, 3.8) is 0 Å². The molecule has 1 aromatic carbocycles. The molecule has 26 heavy (non-hydrogen) atoms. The number of alkyl halides is 3. The molecule has 1 atom stereocenters. The van der Waals surface area contributed by atoms with Gasteiger partial charge in [0.05, 0.1) is 6.54 Å². The summed E-state index contributed by atoms with van der Waals surface area (Å²) in [7, 11) is 0. The number of aromatic amines is 1. The summed E-state index contributed by atoms with van der Waals surface area (Å²) in [5.74, 6) is 0.167. The standard InChI is InChI=1S/C18H20F3N3O2/c1-2-3-7-13-11-24(10-12-6-4-5-8-15(12)26-13)17(25)14-9-16(23-22-14)18(19,20)21/h4-6,8-9,13H,2-3,7,10-11H2,1H3,(H,22,23)/t13-/m1/s1. The number of hydrogen-bond acceptors (Lipinski definition) is 3. The summed E-state index contributed by atoms with van der Waals surface area (Å²) in [6, 6.07) is 8.15. The largest absolute Gasteiger partial charge is 0.488 e. The lowest BCUT2D eigenvalue weighted by atomic mass is 10.1. The number of carbonyl (C=O) groups excluding carboxylic acids is 1. The molecule has 1 aliphatic heterocycles. The lowest BCUT2D eigenvalue weighted by Gasteiger charge is -2.23. The van der Waals surface area contributed by atoms with Crippen LogP contribution in [0.25, 0.3) is 0 Å². The number of ether oxygens (including phenoxy) is 1. The first kappa shape index (κ1) is 18.3. The Morgan fingerprint density at radius 3 is 2.85 bits per heavy atom. The van der Waals surface area contributed by atoms with Gasteiger partial charge in [-0.25, -0.2) is 0 Å². The molecule has 2 heterocycles. The number of nitrogens with zero attached hydrogens (tertiary/aromatic N) is 2. The molecule has 140 valence electrons. The first-order valence-electron chi connectivity index (χ1n) is 8.55. The van der Waals surface area contributed by atoms with Crippen molar-refractivity contribution in [2.45, 2.75) is 45.0 Å². The SMILES string of the molecule is CCCC[C@@H]1CN(C(=O)c2cc(C(F)(F)F)[nH]n2)Cc2ccccc2O1. The highest BCUT2D eigenvalue weighted by atomic mass is 19.4. The third-order valence-corrected chi connectivity index (χ3v) is 4.32. The second-order valence-electron chi connectivity index (χ2n) is 6.34. The fraction of sp³-hybridized carbons (Fsp3) is 0.444. The summed E-state index contributed by atoms with van der Waals surface area (Å²) >= 11 is 0. The van der Waals surface area contributed by atoms with Gasteiger partial charge in [0, 0.05) is 18.2 Å². The fourth-order valence-electron chi connectivity index (χ4n) is 2.96. The van der Waals surface area contributed by atoms with Gasteiger partial charge in [0.15, 0.2) is 5.69 Å². The fourth-order valence-corrected chi connectivity index (χ4v) is 2.96. The average Bonchev–Trinajstić information content (AvgIpc) is 3.02. The maximum atomic E-state index is 12.8. The van der Waals surface area contributed by atoms with Crippen LogP contribution in [0.1, 0.15) is 47.9 Å². The smallest absolute Gasteiger partial charge is 0.432 e. The van der Waals surface area contributed by atoms with E-state index in [2.05, 4.69) is 12.0 Å². The number of aromatic nitrogens is 2. The first-order valence-corrected chi connectivity index (χ1v) is 8.55. The molecule has 0 unspecified atom stereocenters. The van der Waals surface area contributed by atoms with Gasteiger partial charge in [-0.3, -0.25) is 9.89 Å². The van der Waals surface area contributed by atoms with E-state index in [-0.39, 0.29) is 18.3 Å². The Kier molecular flexibility index (Phi) is 5.20. The minimum Gasteiger partial charge on any atom is -0.488 e. The maximum Gasteiger partial charge on any atom is 0.432 e. The van der Waals surface area contributed by atoms with Crippen molar-refractivity contribution in [2.24, 2.45) is 0 Å². The Labute approximate surface area is 149 Å². The van der Waals surface area contributed by atoms with E-state index in [1.54, 1.807) is 0 Å². The molecule has 0 bridgehead atoms. The van der Waals surface area contributed by atoms with Crippen LogP contribution in [0.5, 0.6) is 5.75 Å². The van der Waals surface area contributed by atoms with Gasteiger partial charge in [-0.1, -0.05) is 31.5 Å². The summed E-state index contributed by atoms with van der Waals surface area (Å²) in [5.41, 5.74) is -0.452. The molecule has 0 radical (unpaired) electrons. The number of hydrogen-bond donors (Lipinski definition) is 1. The molecule has 5 nitrogen and oxygen atoms in total. The monoisotopic (exact) mass is 367 g/mol. The van der Waals surface area contributed by atoms with Crippen LogP contribution in [0, 0.1) is 0 Å². The van der Waals surface area contributed by atoms with E-state index in [0.29, 0.717) is 12.3 Å². The van der Waals surface area contributed by atoms with Crippen LogP contribution in [0.15, 0.2) is 30.3 Å². The zero-order chi connectivity index (χ0) is 18.7. The highest BCUT2D eigenvalue weighted by molar-refractivity contribution is 5.92. The van der Waals surface area contributed by atoms with Crippen LogP contribution in [0.4, 0.5) is 13.2 Å². The Hall–Kier alpha value is -2.51. The highest BCUT2D eigenvalue weighted by Gasteiger charge is 2.35. The van der Waals surface area contributed by atoms with Gasteiger partial charge >= 0.3 is 6.18 Å². The normalized spacial score (nSPS) is 17.4. The number of carbonyl (C=O) groups is 1. The number of halogens is 3. The number of para-hydroxylation sites is 1. The number of nitrogens with one attached hydrogen (secondary N) is 1. The van der Waals surface area contributed by atoms with Crippen LogP contribution in [-0.2, 0) is 12.7 Å². The lowest BCUT2D eigenvalue weighted by Crippen LogP contribution is -2.37. The molecule has 8 heteroatoms. The predicted molar refractivity (Wildman–Crippen MR) is 88.7 cm³/mol.